The number of anilines is 1. The van der Waals surface area contributed by atoms with Gasteiger partial charge in [-0.05, 0) is 49.2 Å². The van der Waals surface area contributed by atoms with E-state index in [-0.39, 0.29) is 18.4 Å². The maximum absolute atomic E-state index is 12.3. The molecule has 148 valence electrons. The molecule has 0 unspecified atom stereocenters. The Labute approximate surface area is 163 Å². The fourth-order valence-corrected chi connectivity index (χ4v) is 4.48. The first-order valence-corrected chi connectivity index (χ1v) is 10.6. The summed E-state index contributed by atoms with van der Waals surface area (Å²) in [5, 5.41) is 0. The van der Waals surface area contributed by atoms with Crippen LogP contribution in [-0.2, 0) is 26.0 Å². The molecule has 0 amide bonds. The van der Waals surface area contributed by atoms with Crippen LogP contribution in [0.5, 0.6) is 5.75 Å². The van der Waals surface area contributed by atoms with Gasteiger partial charge in [0, 0.05) is 11.6 Å². The monoisotopic (exact) mass is 403 g/mol. The van der Waals surface area contributed by atoms with Crippen LogP contribution in [-0.4, -0.2) is 45.7 Å². The average Bonchev–Trinajstić information content (AvgIpc) is 3.00. The van der Waals surface area contributed by atoms with Crippen LogP contribution in [0.3, 0.4) is 0 Å². The van der Waals surface area contributed by atoms with Crippen molar-refractivity contribution in [1.29, 1.82) is 0 Å². The zero-order chi connectivity index (χ0) is 20.3. The van der Waals surface area contributed by atoms with E-state index in [0.29, 0.717) is 23.4 Å². The number of fused-ring (bicyclic) bond motifs is 1. The SMILES string of the molecule is C[C@H]1Cc2cc(C(=O)COC(=O)COc3ccccc3)ccc2N1S(C)(=O)=O. The lowest BCUT2D eigenvalue weighted by molar-refractivity contribution is -0.144. The second-order valence-electron chi connectivity index (χ2n) is 6.64. The third kappa shape index (κ3) is 4.51. The third-order valence-electron chi connectivity index (χ3n) is 4.38. The van der Waals surface area contributed by atoms with Crippen LogP contribution in [0, 0.1) is 0 Å². The first-order chi connectivity index (χ1) is 13.3. The van der Waals surface area contributed by atoms with Gasteiger partial charge in [-0.2, -0.15) is 0 Å². The topological polar surface area (TPSA) is 90.0 Å². The molecule has 1 heterocycles. The Balaban J connectivity index is 1.58. The number of sulfonamides is 1. The summed E-state index contributed by atoms with van der Waals surface area (Å²) in [5.41, 5.74) is 1.74. The molecule has 7 nitrogen and oxygen atoms in total. The van der Waals surface area contributed by atoms with Crippen LogP contribution in [0.2, 0.25) is 0 Å². The smallest absolute Gasteiger partial charge is 0.344 e. The molecule has 0 bridgehead atoms. The average molecular weight is 403 g/mol. The highest BCUT2D eigenvalue weighted by Crippen LogP contribution is 2.34. The molecule has 3 rings (SSSR count). The van der Waals surface area contributed by atoms with Gasteiger partial charge in [0.15, 0.2) is 19.0 Å². The van der Waals surface area contributed by atoms with Gasteiger partial charge in [0.05, 0.1) is 11.9 Å². The summed E-state index contributed by atoms with van der Waals surface area (Å²) in [5.74, 6) is -0.467. The summed E-state index contributed by atoms with van der Waals surface area (Å²) >= 11 is 0. The van der Waals surface area contributed by atoms with Crippen molar-refractivity contribution < 1.29 is 27.5 Å². The second-order valence-corrected chi connectivity index (χ2v) is 8.50. The highest BCUT2D eigenvalue weighted by atomic mass is 32.2. The molecular formula is C20H21NO6S. The summed E-state index contributed by atoms with van der Waals surface area (Å²) in [7, 11) is -3.38. The Morgan fingerprint density at radius 1 is 1.11 bits per heavy atom. The van der Waals surface area contributed by atoms with E-state index in [1.165, 1.54) is 4.31 Å². The first-order valence-electron chi connectivity index (χ1n) is 8.74. The van der Waals surface area contributed by atoms with E-state index in [1.54, 1.807) is 42.5 Å². The Morgan fingerprint density at radius 3 is 2.50 bits per heavy atom. The number of para-hydroxylation sites is 1. The van der Waals surface area contributed by atoms with E-state index in [4.69, 9.17) is 9.47 Å². The van der Waals surface area contributed by atoms with Gasteiger partial charge in [-0.25, -0.2) is 13.2 Å². The minimum absolute atomic E-state index is 0.205. The lowest BCUT2D eigenvalue weighted by Crippen LogP contribution is -2.34. The lowest BCUT2D eigenvalue weighted by Gasteiger charge is -2.21. The van der Waals surface area contributed by atoms with E-state index >= 15 is 0 Å². The second kappa shape index (κ2) is 8.02. The molecular weight excluding hydrogens is 382 g/mol. The summed E-state index contributed by atoms with van der Waals surface area (Å²) < 4.78 is 35.5. The zero-order valence-corrected chi connectivity index (χ0v) is 16.4. The number of ketones is 1. The van der Waals surface area contributed by atoms with Gasteiger partial charge in [-0.15, -0.1) is 0 Å². The molecule has 0 fully saturated rings. The number of Topliss-reactive ketones (excluding diaryl/α,β-unsaturated/α-hetero) is 1. The minimum Gasteiger partial charge on any atom is -0.482 e. The number of rotatable bonds is 7. The standard InChI is InChI=1S/C20H21NO6S/c1-14-10-16-11-15(8-9-18(16)21(14)28(2,24)25)19(22)12-27-20(23)13-26-17-6-4-3-5-7-17/h3-9,11,14H,10,12-13H2,1-2H3/t14-/m0/s1. The third-order valence-corrected chi connectivity index (χ3v) is 5.65. The van der Waals surface area contributed by atoms with Crippen LogP contribution in [0.15, 0.2) is 48.5 Å². The Kier molecular flexibility index (Phi) is 5.69. The quantitative estimate of drug-likeness (QED) is 0.520. The van der Waals surface area contributed by atoms with Crippen molar-refractivity contribution in [3.05, 3.63) is 59.7 Å². The predicted octanol–water partition coefficient (Wildman–Crippen LogP) is 2.20. The molecule has 0 radical (unpaired) electrons. The molecule has 1 atom stereocenters. The van der Waals surface area contributed by atoms with Crippen LogP contribution in [0.4, 0.5) is 5.69 Å². The number of ether oxygens (including phenoxy) is 2. The van der Waals surface area contributed by atoms with Crippen LogP contribution >= 0.6 is 0 Å². The fourth-order valence-electron chi connectivity index (χ4n) is 3.21. The number of nitrogens with zero attached hydrogens (tertiary/aromatic N) is 1. The molecule has 1 aliphatic heterocycles. The zero-order valence-electron chi connectivity index (χ0n) is 15.6. The number of carbonyl (C=O) groups is 2. The van der Waals surface area contributed by atoms with Gasteiger partial charge in [0.1, 0.15) is 5.75 Å². The van der Waals surface area contributed by atoms with Gasteiger partial charge in [0.2, 0.25) is 10.0 Å². The van der Waals surface area contributed by atoms with Gasteiger partial charge in [-0.3, -0.25) is 9.10 Å². The van der Waals surface area contributed by atoms with Crippen molar-refractivity contribution in [3.63, 3.8) is 0 Å². The number of hydrogen-bond donors (Lipinski definition) is 0. The fraction of sp³-hybridized carbons (Fsp3) is 0.300. The summed E-state index contributed by atoms with van der Waals surface area (Å²) in [6, 6.07) is 13.4. The minimum atomic E-state index is -3.38. The Hall–Kier alpha value is -2.87. The number of carbonyl (C=O) groups excluding carboxylic acids is 2. The molecule has 0 aromatic heterocycles. The van der Waals surface area contributed by atoms with E-state index in [9.17, 15) is 18.0 Å². The van der Waals surface area contributed by atoms with Gasteiger partial charge >= 0.3 is 5.97 Å². The van der Waals surface area contributed by atoms with Crippen molar-refractivity contribution in [2.24, 2.45) is 0 Å². The molecule has 1 aliphatic rings. The summed E-state index contributed by atoms with van der Waals surface area (Å²) in [6.07, 6.45) is 1.68. The van der Waals surface area contributed by atoms with Gasteiger partial charge in [-0.1, -0.05) is 18.2 Å². The molecule has 0 aliphatic carbocycles. The maximum Gasteiger partial charge on any atom is 0.344 e. The molecule has 0 spiro atoms. The van der Waals surface area contributed by atoms with Crippen LogP contribution in [0.1, 0.15) is 22.8 Å². The van der Waals surface area contributed by atoms with Crippen LogP contribution < -0.4 is 9.04 Å². The van der Waals surface area contributed by atoms with Crippen LogP contribution in [0.25, 0.3) is 0 Å². The van der Waals surface area contributed by atoms with E-state index < -0.39 is 22.6 Å². The number of hydrogen-bond acceptors (Lipinski definition) is 6. The molecule has 8 heteroatoms. The van der Waals surface area contributed by atoms with Crippen molar-refractivity contribution in [3.8, 4) is 5.75 Å². The molecule has 0 saturated heterocycles. The lowest BCUT2D eigenvalue weighted by atomic mass is 10.0. The summed E-state index contributed by atoms with van der Waals surface area (Å²) in [4.78, 5) is 24.1. The summed E-state index contributed by atoms with van der Waals surface area (Å²) in [6.45, 7) is 1.13. The highest BCUT2D eigenvalue weighted by Gasteiger charge is 2.32. The largest absolute Gasteiger partial charge is 0.482 e. The number of esters is 1. The predicted molar refractivity (Wildman–Crippen MR) is 104 cm³/mol. The van der Waals surface area contributed by atoms with E-state index in [2.05, 4.69) is 0 Å². The molecule has 28 heavy (non-hydrogen) atoms. The normalized spacial score (nSPS) is 15.8. The number of benzene rings is 2. The van der Waals surface area contributed by atoms with Crippen molar-refractivity contribution in [2.75, 3.05) is 23.8 Å². The van der Waals surface area contributed by atoms with E-state index in [1.807, 2.05) is 13.0 Å². The van der Waals surface area contributed by atoms with Gasteiger partial charge < -0.3 is 9.47 Å². The molecule has 2 aromatic rings. The maximum atomic E-state index is 12.3. The molecule has 0 N–H and O–H groups in total. The highest BCUT2D eigenvalue weighted by molar-refractivity contribution is 7.92. The van der Waals surface area contributed by atoms with Gasteiger partial charge in [0.25, 0.3) is 0 Å². The van der Waals surface area contributed by atoms with Crippen molar-refractivity contribution in [1.82, 2.24) is 0 Å². The Morgan fingerprint density at radius 2 is 1.82 bits per heavy atom. The van der Waals surface area contributed by atoms with E-state index in [0.717, 1.165) is 11.8 Å². The first kappa shape index (κ1) is 19.9. The van der Waals surface area contributed by atoms with Crippen molar-refractivity contribution in [2.45, 2.75) is 19.4 Å². The van der Waals surface area contributed by atoms with Crippen molar-refractivity contribution >= 4 is 27.5 Å². The molecule has 2 aromatic carbocycles. The Bertz CT molecular complexity index is 987. The molecule has 0 saturated carbocycles.